The maximum atomic E-state index is 13.4. The molecule has 0 N–H and O–H groups in total. The van der Waals surface area contributed by atoms with Gasteiger partial charge in [-0.15, -0.1) is 0 Å². The second-order valence-electron chi connectivity index (χ2n) is 7.27. The molecule has 1 aliphatic carbocycles. The Labute approximate surface area is 175 Å². The number of benzene rings is 2. The standard InChI is InChI=1S/C23H26O5S/c1-26-19-10-9-18(11-20(19)27-2)21(24)23(12-17(13-23)15-29-3)22(25)28-14-16-7-5-4-6-8-16/h4-11,17H,12-15H2,1-3H3. The summed E-state index contributed by atoms with van der Waals surface area (Å²) in [6.45, 7) is 0.161. The SMILES string of the molecule is COc1ccc(C(=O)C2(C(=O)OCc3ccccc3)CC(CSC)C2)cc1OC. The number of rotatable bonds is 9. The van der Waals surface area contributed by atoms with Gasteiger partial charge in [-0.25, -0.2) is 0 Å². The van der Waals surface area contributed by atoms with Crippen LogP contribution in [0.25, 0.3) is 0 Å². The summed E-state index contributed by atoms with van der Waals surface area (Å²) in [4.78, 5) is 26.5. The van der Waals surface area contributed by atoms with E-state index in [1.54, 1.807) is 37.1 Å². The highest BCUT2D eigenvalue weighted by Crippen LogP contribution is 2.50. The number of carbonyl (C=O) groups is 2. The average Bonchev–Trinajstić information content (AvgIpc) is 2.74. The number of esters is 1. The lowest BCUT2D eigenvalue weighted by molar-refractivity contribution is -0.161. The van der Waals surface area contributed by atoms with E-state index >= 15 is 0 Å². The van der Waals surface area contributed by atoms with Gasteiger partial charge in [0.05, 0.1) is 14.2 Å². The normalized spacial score (nSPS) is 20.4. The van der Waals surface area contributed by atoms with E-state index < -0.39 is 11.4 Å². The number of methoxy groups -OCH3 is 2. The maximum Gasteiger partial charge on any atom is 0.320 e. The van der Waals surface area contributed by atoms with Crippen LogP contribution in [-0.4, -0.2) is 38.0 Å². The van der Waals surface area contributed by atoms with Gasteiger partial charge < -0.3 is 14.2 Å². The molecule has 29 heavy (non-hydrogen) atoms. The van der Waals surface area contributed by atoms with Crippen LogP contribution in [0.4, 0.5) is 0 Å². The van der Waals surface area contributed by atoms with Crippen molar-refractivity contribution in [2.75, 3.05) is 26.2 Å². The minimum Gasteiger partial charge on any atom is -0.493 e. The van der Waals surface area contributed by atoms with Crippen molar-refractivity contribution in [1.29, 1.82) is 0 Å². The first-order valence-corrected chi connectivity index (χ1v) is 10.9. The highest BCUT2D eigenvalue weighted by molar-refractivity contribution is 7.98. The molecule has 0 spiro atoms. The summed E-state index contributed by atoms with van der Waals surface area (Å²) in [5, 5.41) is 0. The van der Waals surface area contributed by atoms with Gasteiger partial charge in [-0.2, -0.15) is 11.8 Å². The number of thioether (sulfide) groups is 1. The van der Waals surface area contributed by atoms with Crippen molar-refractivity contribution in [3.63, 3.8) is 0 Å². The third-order valence-corrected chi connectivity index (χ3v) is 6.17. The van der Waals surface area contributed by atoms with Crippen molar-refractivity contribution in [3.05, 3.63) is 59.7 Å². The van der Waals surface area contributed by atoms with Crippen molar-refractivity contribution in [2.45, 2.75) is 19.4 Å². The minimum atomic E-state index is -1.13. The van der Waals surface area contributed by atoms with Gasteiger partial charge in [-0.05, 0) is 54.5 Å². The van der Waals surface area contributed by atoms with E-state index in [1.807, 2.05) is 36.6 Å². The summed E-state index contributed by atoms with van der Waals surface area (Å²) < 4.78 is 16.2. The summed E-state index contributed by atoms with van der Waals surface area (Å²) in [5.74, 6) is 1.60. The van der Waals surface area contributed by atoms with Crippen molar-refractivity contribution in [3.8, 4) is 11.5 Å². The predicted octanol–water partition coefficient (Wildman–Crippen LogP) is 4.39. The van der Waals surface area contributed by atoms with Crippen LogP contribution in [0.5, 0.6) is 11.5 Å². The van der Waals surface area contributed by atoms with Crippen LogP contribution in [0.1, 0.15) is 28.8 Å². The van der Waals surface area contributed by atoms with Crippen LogP contribution in [0, 0.1) is 11.3 Å². The lowest BCUT2D eigenvalue weighted by Gasteiger charge is -2.44. The molecule has 154 valence electrons. The monoisotopic (exact) mass is 414 g/mol. The third kappa shape index (κ3) is 4.42. The predicted molar refractivity (Wildman–Crippen MR) is 114 cm³/mol. The highest BCUT2D eigenvalue weighted by atomic mass is 32.2. The quantitative estimate of drug-likeness (QED) is 0.345. The fourth-order valence-electron chi connectivity index (χ4n) is 3.84. The van der Waals surface area contributed by atoms with E-state index in [-0.39, 0.29) is 12.4 Å². The average molecular weight is 415 g/mol. The summed E-state index contributed by atoms with van der Waals surface area (Å²) in [5.41, 5.74) is 0.200. The second kappa shape index (κ2) is 9.35. The zero-order valence-electron chi connectivity index (χ0n) is 17.0. The summed E-state index contributed by atoms with van der Waals surface area (Å²) in [6, 6.07) is 14.5. The van der Waals surface area contributed by atoms with Crippen LogP contribution in [0.3, 0.4) is 0 Å². The number of hydrogen-bond donors (Lipinski definition) is 0. The number of ether oxygens (including phenoxy) is 3. The molecule has 0 aromatic heterocycles. The molecule has 6 heteroatoms. The van der Waals surface area contributed by atoms with E-state index in [2.05, 4.69) is 0 Å². The summed E-state index contributed by atoms with van der Waals surface area (Å²) >= 11 is 1.73. The molecule has 0 bridgehead atoms. The fraction of sp³-hybridized carbons (Fsp3) is 0.391. The first-order valence-electron chi connectivity index (χ1n) is 9.51. The van der Waals surface area contributed by atoms with E-state index in [1.165, 1.54) is 7.11 Å². The smallest absolute Gasteiger partial charge is 0.320 e. The van der Waals surface area contributed by atoms with Crippen LogP contribution in [-0.2, 0) is 16.1 Å². The van der Waals surface area contributed by atoms with Gasteiger partial charge in [0.15, 0.2) is 17.3 Å². The molecule has 3 rings (SSSR count). The molecule has 0 atom stereocenters. The fourth-order valence-corrected chi connectivity index (χ4v) is 4.55. The van der Waals surface area contributed by atoms with Crippen LogP contribution >= 0.6 is 11.8 Å². The van der Waals surface area contributed by atoms with Crippen molar-refractivity contribution in [1.82, 2.24) is 0 Å². The van der Waals surface area contributed by atoms with E-state index in [9.17, 15) is 9.59 Å². The van der Waals surface area contributed by atoms with Crippen molar-refractivity contribution >= 4 is 23.5 Å². The van der Waals surface area contributed by atoms with E-state index in [0.717, 1.165) is 11.3 Å². The molecule has 0 unspecified atom stereocenters. The largest absolute Gasteiger partial charge is 0.493 e. The topological polar surface area (TPSA) is 61.8 Å². The minimum absolute atomic E-state index is 0.161. The number of Topliss-reactive ketones (excluding diaryl/α,β-unsaturated/α-hetero) is 1. The molecule has 1 fully saturated rings. The lowest BCUT2D eigenvalue weighted by atomic mass is 9.59. The Morgan fingerprint density at radius 2 is 1.72 bits per heavy atom. The second-order valence-corrected chi connectivity index (χ2v) is 8.18. The molecule has 1 saturated carbocycles. The van der Waals surface area contributed by atoms with E-state index in [4.69, 9.17) is 14.2 Å². The molecule has 0 amide bonds. The lowest BCUT2D eigenvalue weighted by Crippen LogP contribution is -2.51. The first-order chi connectivity index (χ1) is 14.0. The molecule has 1 aliphatic rings. The van der Waals surface area contributed by atoms with Gasteiger partial charge in [0.25, 0.3) is 0 Å². The Hall–Kier alpha value is -2.47. The molecule has 0 saturated heterocycles. The Balaban J connectivity index is 1.82. The van der Waals surface area contributed by atoms with Crippen LogP contribution in [0.2, 0.25) is 0 Å². The van der Waals surface area contributed by atoms with E-state index in [0.29, 0.717) is 35.8 Å². The van der Waals surface area contributed by atoms with Gasteiger partial charge >= 0.3 is 5.97 Å². The Kier molecular flexibility index (Phi) is 6.85. The van der Waals surface area contributed by atoms with Crippen LogP contribution in [0.15, 0.2) is 48.5 Å². The Morgan fingerprint density at radius 3 is 2.34 bits per heavy atom. The molecular weight excluding hydrogens is 388 g/mol. The van der Waals surface area contributed by atoms with Gasteiger partial charge in [-0.1, -0.05) is 30.3 Å². The molecule has 5 nitrogen and oxygen atoms in total. The molecule has 2 aromatic carbocycles. The zero-order valence-corrected chi connectivity index (χ0v) is 17.8. The molecule has 0 aliphatic heterocycles. The third-order valence-electron chi connectivity index (χ3n) is 5.36. The summed E-state index contributed by atoms with van der Waals surface area (Å²) in [7, 11) is 3.06. The first kappa shape index (κ1) is 21.2. The molecule has 2 aromatic rings. The highest BCUT2D eigenvalue weighted by Gasteiger charge is 2.56. The number of hydrogen-bond acceptors (Lipinski definition) is 6. The molecule has 0 heterocycles. The molecule has 0 radical (unpaired) electrons. The van der Waals surface area contributed by atoms with Gasteiger partial charge in [0.1, 0.15) is 12.0 Å². The number of ketones is 1. The van der Waals surface area contributed by atoms with Gasteiger partial charge in [0.2, 0.25) is 0 Å². The Morgan fingerprint density at radius 1 is 1.03 bits per heavy atom. The van der Waals surface area contributed by atoms with Gasteiger partial charge in [0, 0.05) is 5.56 Å². The van der Waals surface area contributed by atoms with Crippen LogP contribution < -0.4 is 9.47 Å². The molecular formula is C23H26O5S. The van der Waals surface area contributed by atoms with Gasteiger partial charge in [-0.3, -0.25) is 9.59 Å². The van der Waals surface area contributed by atoms with Crippen molar-refractivity contribution in [2.24, 2.45) is 11.3 Å². The zero-order chi connectivity index (χ0) is 20.9. The number of carbonyl (C=O) groups excluding carboxylic acids is 2. The maximum absolute atomic E-state index is 13.4. The van der Waals surface area contributed by atoms with Crippen molar-refractivity contribution < 1.29 is 23.8 Å². The summed E-state index contributed by atoms with van der Waals surface area (Å²) in [6.07, 6.45) is 3.05. The Bertz CT molecular complexity index is 859.